The van der Waals surface area contributed by atoms with Crippen LogP contribution >= 0.6 is 0 Å². The number of hydrogen-bond acceptors (Lipinski definition) is 5. The topological polar surface area (TPSA) is 61.8 Å². The number of benzene rings is 1. The fraction of sp³-hybridized carbons (Fsp3) is 0.286. The molecule has 0 spiro atoms. The summed E-state index contributed by atoms with van der Waals surface area (Å²) in [5, 5.41) is 0. The number of ether oxygens (including phenoxy) is 3. The molecule has 0 heterocycles. The van der Waals surface area contributed by atoms with Crippen LogP contribution < -0.4 is 9.47 Å². The molecule has 0 unspecified atom stereocenters. The molecule has 1 aromatic rings. The molecule has 5 heteroatoms. The molecule has 102 valence electrons. The fourth-order valence-electron chi connectivity index (χ4n) is 1.57. The van der Waals surface area contributed by atoms with Gasteiger partial charge in [-0.25, -0.2) is 0 Å². The summed E-state index contributed by atoms with van der Waals surface area (Å²) >= 11 is 0. The Kier molecular flexibility index (Phi) is 5.11. The first kappa shape index (κ1) is 14.8. The van der Waals surface area contributed by atoms with Crippen LogP contribution in [0.3, 0.4) is 0 Å². The van der Waals surface area contributed by atoms with E-state index >= 15 is 0 Å². The van der Waals surface area contributed by atoms with E-state index in [4.69, 9.17) is 14.2 Å². The van der Waals surface area contributed by atoms with Crippen LogP contribution in [0.4, 0.5) is 0 Å². The van der Waals surface area contributed by atoms with E-state index in [1.807, 2.05) is 0 Å². The zero-order valence-electron chi connectivity index (χ0n) is 11.1. The number of esters is 2. The van der Waals surface area contributed by atoms with Gasteiger partial charge in [0.25, 0.3) is 0 Å². The van der Waals surface area contributed by atoms with Gasteiger partial charge in [-0.2, -0.15) is 0 Å². The molecule has 5 nitrogen and oxygen atoms in total. The van der Waals surface area contributed by atoms with Gasteiger partial charge in [-0.1, -0.05) is 6.58 Å². The smallest absolute Gasteiger partial charge is 0.308 e. The molecule has 1 atom stereocenters. The number of hydrogen-bond donors (Lipinski definition) is 0. The van der Waals surface area contributed by atoms with E-state index in [2.05, 4.69) is 6.58 Å². The molecule has 0 aliphatic heterocycles. The van der Waals surface area contributed by atoms with Gasteiger partial charge in [-0.05, 0) is 18.2 Å². The van der Waals surface area contributed by atoms with Gasteiger partial charge in [0, 0.05) is 25.5 Å². The van der Waals surface area contributed by atoms with Crippen LogP contribution in [0.2, 0.25) is 0 Å². The zero-order chi connectivity index (χ0) is 14.4. The van der Waals surface area contributed by atoms with Crippen LogP contribution in [-0.4, -0.2) is 19.0 Å². The molecule has 0 aliphatic carbocycles. The van der Waals surface area contributed by atoms with Gasteiger partial charge in [0.05, 0.1) is 7.11 Å². The maximum atomic E-state index is 11.0. The normalized spacial score (nSPS) is 11.3. The van der Waals surface area contributed by atoms with Crippen molar-refractivity contribution >= 4 is 11.9 Å². The standard InChI is InChI=1S/C14H16O5/c1-5-13(19-10(3)16)12-7-6-11(18-9(2)15)8-14(12)17-4/h5-8,13H,1H2,2-4H3/t13-/m0/s1. The minimum absolute atomic E-state index is 0.360. The van der Waals surface area contributed by atoms with Crippen LogP contribution in [0.25, 0.3) is 0 Å². The summed E-state index contributed by atoms with van der Waals surface area (Å²) in [4.78, 5) is 21.9. The van der Waals surface area contributed by atoms with Crippen molar-refractivity contribution in [1.82, 2.24) is 0 Å². The third-order valence-corrected chi connectivity index (χ3v) is 2.28. The highest BCUT2D eigenvalue weighted by molar-refractivity contribution is 5.69. The highest BCUT2D eigenvalue weighted by atomic mass is 16.5. The Balaban J connectivity index is 3.09. The quantitative estimate of drug-likeness (QED) is 0.464. The highest BCUT2D eigenvalue weighted by Gasteiger charge is 2.17. The first-order valence-electron chi connectivity index (χ1n) is 5.64. The van der Waals surface area contributed by atoms with Gasteiger partial charge >= 0.3 is 11.9 Å². The van der Waals surface area contributed by atoms with E-state index in [-0.39, 0.29) is 0 Å². The summed E-state index contributed by atoms with van der Waals surface area (Å²) in [6, 6.07) is 4.81. The second-order valence-electron chi connectivity index (χ2n) is 3.76. The molecule has 1 rings (SSSR count). The number of methoxy groups -OCH3 is 1. The first-order valence-corrected chi connectivity index (χ1v) is 5.64. The Labute approximate surface area is 111 Å². The lowest BCUT2D eigenvalue weighted by molar-refractivity contribution is -0.144. The summed E-state index contributed by atoms with van der Waals surface area (Å²) in [6.45, 7) is 6.25. The third-order valence-electron chi connectivity index (χ3n) is 2.28. The molecule has 0 N–H and O–H groups in total. The third kappa shape index (κ3) is 4.13. The monoisotopic (exact) mass is 264 g/mol. The Bertz CT molecular complexity index is 493. The average Bonchev–Trinajstić information content (AvgIpc) is 2.35. The van der Waals surface area contributed by atoms with Crippen LogP contribution in [0, 0.1) is 0 Å². The van der Waals surface area contributed by atoms with E-state index in [1.54, 1.807) is 18.2 Å². The van der Waals surface area contributed by atoms with Crippen molar-refractivity contribution in [3.8, 4) is 11.5 Å². The van der Waals surface area contributed by atoms with Crippen LogP contribution in [-0.2, 0) is 14.3 Å². The summed E-state index contributed by atoms with van der Waals surface area (Å²) in [5.74, 6) is -0.0327. The van der Waals surface area contributed by atoms with E-state index in [1.165, 1.54) is 27.0 Å². The second-order valence-corrected chi connectivity index (χ2v) is 3.76. The lowest BCUT2D eigenvalue weighted by Crippen LogP contribution is -2.08. The minimum atomic E-state index is -0.612. The van der Waals surface area contributed by atoms with Crippen molar-refractivity contribution in [1.29, 1.82) is 0 Å². The maximum absolute atomic E-state index is 11.0. The van der Waals surface area contributed by atoms with Crippen LogP contribution in [0.15, 0.2) is 30.9 Å². The van der Waals surface area contributed by atoms with Crippen molar-refractivity contribution in [2.75, 3.05) is 7.11 Å². The van der Waals surface area contributed by atoms with E-state index < -0.39 is 18.0 Å². The fourth-order valence-corrected chi connectivity index (χ4v) is 1.57. The van der Waals surface area contributed by atoms with Gasteiger partial charge in [0.1, 0.15) is 17.6 Å². The Morgan fingerprint density at radius 3 is 2.42 bits per heavy atom. The highest BCUT2D eigenvalue weighted by Crippen LogP contribution is 2.32. The Morgan fingerprint density at radius 2 is 1.95 bits per heavy atom. The number of carbonyl (C=O) groups is 2. The molecule has 0 aromatic heterocycles. The largest absolute Gasteiger partial charge is 0.496 e. The number of carbonyl (C=O) groups excluding carboxylic acids is 2. The molecule has 19 heavy (non-hydrogen) atoms. The van der Waals surface area contributed by atoms with Crippen molar-refractivity contribution in [2.24, 2.45) is 0 Å². The summed E-state index contributed by atoms with van der Waals surface area (Å²) in [7, 11) is 1.48. The van der Waals surface area contributed by atoms with Crippen molar-refractivity contribution in [2.45, 2.75) is 20.0 Å². The van der Waals surface area contributed by atoms with Gasteiger partial charge in [0.2, 0.25) is 0 Å². The lowest BCUT2D eigenvalue weighted by atomic mass is 10.1. The molecular weight excluding hydrogens is 248 g/mol. The molecule has 1 aromatic carbocycles. The van der Waals surface area contributed by atoms with Crippen molar-refractivity contribution < 1.29 is 23.8 Å². The van der Waals surface area contributed by atoms with E-state index in [0.29, 0.717) is 17.1 Å². The lowest BCUT2D eigenvalue weighted by Gasteiger charge is -2.17. The molecule has 0 aliphatic rings. The summed E-state index contributed by atoms with van der Waals surface area (Å²) < 4.78 is 15.3. The first-order chi connectivity index (χ1) is 8.97. The average molecular weight is 264 g/mol. The summed E-state index contributed by atoms with van der Waals surface area (Å²) in [5.41, 5.74) is 0.628. The van der Waals surface area contributed by atoms with Gasteiger partial charge in [-0.15, -0.1) is 0 Å². The molecule has 0 amide bonds. The van der Waals surface area contributed by atoms with E-state index in [0.717, 1.165) is 0 Å². The van der Waals surface area contributed by atoms with Crippen molar-refractivity contribution in [3.63, 3.8) is 0 Å². The van der Waals surface area contributed by atoms with Crippen LogP contribution in [0.1, 0.15) is 25.5 Å². The Morgan fingerprint density at radius 1 is 1.26 bits per heavy atom. The SMILES string of the molecule is C=C[C@H](OC(C)=O)c1ccc(OC(C)=O)cc1OC. The van der Waals surface area contributed by atoms with Crippen molar-refractivity contribution in [3.05, 3.63) is 36.4 Å². The van der Waals surface area contributed by atoms with Gasteiger partial charge < -0.3 is 14.2 Å². The predicted octanol–water partition coefficient (Wildman–Crippen LogP) is 2.41. The van der Waals surface area contributed by atoms with Gasteiger partial charge in [-0.3, -0.25) is 9.59 Å². The summed E-state index contributed by atoms with van der Waals surface area (Å²) in [6.07, 6.45) is 0.879. The predicted molar refractivity (Wildman–Crippen MR) is 69.0 cm³/mol. The molecule has 0 saturated heterocycles. The molecule has 0 bridgehead atoms. The minimum Gasteiger partial charge on any atom is -0.496 e. The zero-order valence-corrected chi connectivity index (χ0v) is 11.1. The molecule has 0 fully saturated rings. The van der Waals surface area contributed by atoms with E-state index in [9.17, 15) is 9.59 Å². The second kappa shape index (κ2) is 6.58. The van der Waals surface area contributed by atoms with Gasteiger partial charge in [0.15, 0.2) is 0 Å². The van der Waals surface area contributed by atoms with Crippen LogP contribution in [0.5, 0.6) is 11.5 Å². The molecule has 0 saturated carbocycles. The number of rotatable bonds is 5. The maximum Gasteiger partial charge on any atom is 0.308 e. The molecular formula is C14H16O5. The Hall–Kier alpha value is -2.30. The molecule has 0 radical (unpaired) electrons.